The van der Waals surface area contributed by atoms with E-state index in [0.29, 0.717) is 15.7 Å². The molecule has 0 aliphatic heterocycles. The van der Waals surface area contributed by atoms with Gasteiger partial charge in [0, 0.05) is 17.2 Å². The lowest BCUT2D eigenvalue weighted by molar-refractivity contribution is 0.0988. The highest BCUT2D eigenvalue weighted by atomic mass is 79.9. The first-order valence-electron chi connectivity index (χ1n) is 5.77. The predicted molar refractivity (Wildman–Crippen MR) is 78.0 cm³/mol. The average Bonchev–Trinajstić information content (AvgIpc) is 2.46. The molecule has 0 radical (unpaired) electrons. The zero-order valence-electron chi connectivity index (χ0n) is 10.6. The topological polar surface area (TPSA) is 44.1 Å². The molecule has 0 aromatic heterocycles. The summed E-state index contributed by atoms with van der Waals surface area (Å²) >= 11 is 3.18. The molecule has 100 valence electrons. The quantitative estimate of drug-likeness (QED) is 0.840. The zero-order valence-corrected chi connectivity index (χ0v) is 12.2. The third-order valence-corrected chi connectivity index (χ3v) is 3.50. The van der Waals surface area contributed by atoms with E-state index in [0.717, 1.165) is 0 Å². The molecular weight excluding hydrogens is 323 g/mol. The van der Waals surface area contributed by atoms with Crippen LogP contribution in [0.2, 0.25) is 0 Å². The Morgan fingerprint density at radius 1 is 1.30 bits per heavy atom. The van der Waals surface area contributed by atoms with Crippen molar-refractivity contribution in [1.29, 1.82) is 5.26 Å². The van der Waals surface area contributed by atoms with Crippen LogP contribution in [-0.4, -0.2) is 13.0 Å². The molecule has 0 saturated heterocycles. The minimum absolute atomic E-state index is 0.0302. The molecule has 20 heavy (non-hydrogen) atoms. The third-order valence-electron chi connectivity index (χ3n) is 2.84. The van der Waals surface area contributed by atoms with Crippen molar-refractivity contribution in [3.05, 3.63) is 63.9 Å². The molecule has 0 atom stereocenters. The SMILES string of the molecule is CN(C(=O)c1c(F)cccc1Br)c1cccc(C#N)c1. The van der Waals surface area contributed by atoms with Gasteiger partial charge in [-0.1, -0.05) is 12.1 Å². The van der Waals surface area contributed by atoms with E-state index in [1.165, 1.54) is 24.1 Å². The van der Waals surface area contributed by atoms with E-state index in [-0.39, 0.29) is 5.56 Å². The molecule has 0 aliphatic carbocycles. The van der Waals surface area contributed by atoms with Crippen LogP contribution < -0.4 is 4.90 Å². The van der Waals surface area contributed by atoms with Gasteiger partial charge in [0.1, 0.15) is 5.82 Å². The Kier molecular flexibility index (Phi) is 4.16. The highest BCUT2D eigenvalue weighted by Crippen LogP contribution is 2.24. The van der Waals surface area contributed by atoms with E-state index in [2.05, 4.69) is 15.9 Å². The second kappa shape index (κ2) is 5.85. The molecule has 2 rings (SSSR count). The van der Waals surface area contributed by atoms with Gasteiger partial charge >= 0.3 is 0 Å². The molecule has 0 N–H and O–H groups in total. The van der Waals surface area contributed by atoms with Gasteiger partial charge in [0.25, 0.3) is 5.91 Å². The van der Waals surface area contributed by atoms with Gasteiger partial charge in [-0.05, 0) is 46.3 Å². The summed E-state index contributed by atoms with van der Waals surface area (Å²) in [5, 5.41) is 8.87. The summed E-state index contributed by atoms with van der Waals surface area (Å²) in [6.07, 6.45) is 0. The summed E-state index contributed by atoms with van der Waals surface area (Å²) < 4.78 is 14.2. The maximum absolute atomic E-state index is 13.8. The zero-order chi connectivity index (χ0) is 14.7. The number of amides is 1. The average molecular weight is 333 g/mol. The van der Waals surface area contributed by atoms with Crippen LogP contribution in [0.4, 0.5) is 10.1 Å². The number of hydrogen-bond acceptors (Lipinski definition) is 2. The third kappa shape index (κ3) is 2.70. The number of benzene rings is 2. The van der Waals surface area contributed by atoms with Gasteiger partial charge in [0.2, 0.25) is 0 Å². The first kappa shape index (κ1) is 14.2. The van der Waals surface area contributed by atoms with E-state index in [4.69, 9.17) is 5.26 Å². The minimum atomic E-state index is -0.590. The lowest BCUT2D eigenvalue weighted by Gasteiger charge is -2.18. The van der Waals surface area contributed by atoms with Crippen molar-refractivity contribution >= 4 is 27.5 Å². The second-order valence-corrected chi connectivity index (χ2v) is 4.98. The number of carbonyl (C=O) groups is 1. The van der Waals surface area contributed by atoms with Gasteiger partial charge < -0.3 is 4.90 Å². The van der Waals surface area contributed by atoms with E-state index < -0.39 is 11.7 Å². The van der Waals surface area contributed by atoms with Crippen molar-refractivity contribution in [1.82, 2.24) is 0 Å². The molecule has 2 aromatic rings. The van der Waals surface area contributed by atoms with Gasteiger partial charge in [-0.2, -0.15) is 5.26 Å². The summed E-state index contributed by atoms with van der Waals surface area (Å²) in [5.74, 6) is -1.07. The summed E-state index contributed by atoms with van der Waals surface area (Å²) in [4.78, 5) is 13.7. The first-order chi connectivity index (χ1) is 9.54. The molecule has 1 amide bonds. The van der Waals surface area contributed by atoms with Gasteiger partial charge in [0.15, 0.2) is 0 Å². The number of hydrogen-bond donors (Lipinski definition) is 0. The number of halogens is 2. The van der Waals surface area contributed by atoms with Crippen LogP contribution in [0.15, 0.2) is 46.9 Å². The highest BCUT2D eigenvalue weighted by molar-refractivity contribution is 9.10. The largest absolute Gasteiger partial charge is 0.311 e. The fraction of sp³-hybridized carbons (Fsp3) is 0.0667. The molecule has 0 aliphatic rings. The fourth-order valence-electron chi connectivity index (χ4n) is 1.77. The van der Waals surface area contributed by atoms with Crippen molar-refractivity contribution in [3.8, 4) is 6.07 Å². The Morgan fingerprint density at radius 2 is 2.00 bits per heavy atom. The maximum Gasteiger partial charge on any atom is 0.262 e. The van der Waals surface area contributed by atoms with Crippen LogP contribution in [0.5, 0.6) is 0 Å². The molecule has 2 aromatic carbocycles. The number of rotatable bonds is 2. The molecule has 0 bridgehead atoms. The van der Waals surface area contributed by atoms with E-state index in [1.807, 2.05) is 6.07 Å². The van der Waals surface area contributed by atoms with Gasteiger partial charge in [-0.25, -0.2) is 4.39 Å². The molecular formula is C15H10BrFN2O. The van der Waals surface area contributed by atoms with Crippen molar-refractivity contribution in [3.63, 3.8) is 0 Å². The summed E-state index contributed by atoms with van der Waals surface area (Å²) in [5.41, 5.74) is 0.941. The van der Waals surface area contributed by atoms with Crippen LogP contribution >= 0.6 is 15.9 Å². The van der Waals surface area contributed by atoms with Crippen LogP contribution in [0.25, 0.3) is 0 Å². The number of nitrogens with zero attached hydrogens (tertiary/aromatic N) is 2. The maximum atomic E-state index is 13.8. The lowest BCUT2D eigenvalue weighted by atomic mass is 10.1. The number of carbonyl (C=O) groups excluding carboxylic acids is 1. The molecule has 0 heterocycles. The standard InChI is InChI=1S/C15H10BrFN2O/c1-19(11-5-2-4-10(8-11)9-18)15(20)14-12(16)6-3-7-13(14)17/h2-8H,1H3. The molecule has 0 saturated carbocycles. The summed E-state index contributed by atoms with van der Waals surface area (Å²) in [6.45, 7) is 0. The van der Waals surface area contributed by atoms with Crippen molar-refractivity contribution in [2.45, 2.75) is 0 Å². The number of anilines is 1. The molecule has 0 fully saturated rings. The first-order valence-corrected chi connectivity index (χ1v) is 6.56. The van der Waals surface area contributed by atoms with Gasteiger partial charge in [-0.3, -0.25) is 4.79 Å². The fourth-order valence-corrected chi connectivity index (χ4v) is 2.28. The van der Waals surface area contributed by atoms with E-state index >= 15 is 0 Å². The van der Waals surface area contributed by atoms with E-state index in [1.54, 1.807) is 30.3 Å². The molecule has 5 heteroatoms. The normalized spacial score (nSPS) is 9.90. The second-order valence-electron chi connectivity index (χ2n) is 4.12. The van der Waals surface area contributed by atoms with Gasteiger partial charge in [0.05, 0.1) is 17.2 Å². The predicted octanol–water partition coefficient (Wildman–Crippen LogP) is 3.74. The van der Waals surface area contributed by atoms with Crippen LogP contribution in [0.3, 0.4) is 0 Å². The minimum Gasteiger partial charge on any atom is -0.311 e. The van der Waals surface area contributed by atoms with Crippen molar-refractivity contribution < 1.29 is 9.18 Å². The molecule has 0 unspecified atom stereocenters. The van der Waals surface area contributed by atoms with Crippen molar-refractivity contribution in [2.75, 3.05) is 11.9 Å². The van der Waals surface area contributed by atoms with Crippen LogP contribution in [0.1, 0.15) is 15.9 Å². The summed E-state index contributed by atoms with van der Waals surface area (Å²) in [7, 11) is 1.54. The number of nitriles is 1. The Bertz CT molecular complexity index is 689. The van der Waals surface area contributed by atoms with Crippen molar-refractivity contribution in [2.24, 2.45) is 0 Å². The Balaban J connectivity index is 2.40. The van der Waals surface area contributed by atoms with E-state index in [9.17, 15) is 9.18 Å². The lowest BCUT2D eigenvalue weighted by Crippen LogP contribution is -2.27. The van der Waals surface area contributed by atoms with Gasteiger partial charge in [-0.15, -0.1) is 0 Å². The Hall–Kier alpha value is -2.19. The summed E-state index contributed by atoms with van der Waals surface area (Å²) in [6, 6.07) is 12.9. The Morgan fingerprint density at radius 3 is 2.65 bits per heavy atom. The van der Waals surface area contributed by atoms with Crippen LogP contribution in [0, 0.1) is 17.1 Å². The van der Waals surface area contributed by atoms with Crippen LogP contribution in [-0.2, 0) is 0 Å². The monoisotopic (exact) mass is 332 g/mol. The molecule has 0 spiro atoms. The highest BCUT2D eigenvalue weighted by Gasteiger charge is 2.20. The smallest absolute Gasteiger partial charge is 0.262 e. The molecule has 3 nitrogen and oxygen atoms in total. The Labute approximate surface area is 124 Å².